The molecule has 0 amide bonds. The average molecular weight is 295 g/mol. The third-order valence-electron chi connectivity index (χ3n) is 3.42. The molecule has 2 rings (SSSR count). The van der Waals surface area contributed by atoms with Crippen LogP contribution >= 0.6 is 23.2 Å². The Morgan fingerprint density at radius 1 is 1.26 bits per heavy atom. The highest BCUT2D eigenvalue weighted by Gasteiger charge is 2.16. The molecule has 2 aromatic carbocycles. The minimum Gasteiger partial charge on any atom is -0.507 e. The molecule has 0 saturated carbocycles. The summed E-state index contributed by atoms with van der Waals surface area (Å²) in [6.45, 7) is 2.08. The van der Waals surface area contributed by atoms with Gasteiger partial charge in [0.2, 0.25) is 0 Å². The van der Waals surface area contributed by atoms with Crippen LogP contribution in [-0.4, -0.2) is 5.11 Å². The summed E-state index contributed by atoms with van der Waals surface area (Å²) in [6.07, 6.45) is 1.54. The van der Waals surface area contributed by atoms with E-state index in [1.165, 1.54) is 5.54 Å². The molecule has 0 aliphatic heterocycles. The van der Waals surface area contributed by atoms with Gasteiger partial charge < -0.3 is 5.11 Å². The van der Waals surface area contributed by atoms with Crippen LogP contribution in [0.25, 0.3) is 10.8 Å². The van der Waals surface area contributed by atoms with Crippen molar-refractivity contribution in [2.24, 2.45) is 0 Å². The summed E-state index contributed by atoms with van der Waals surface area (Å²) in [5.41, 5.74) is 2.32. The number of aromatic hydroxyl groups is 1. The van der Waals surface area contributed by atoms with Gasteiger partial charge in [0.1, 0.15) is 5.75 Å². The normalized spacial score (nSPS) is 13.7. The van der Waals surface area contributed by atoms with E-state index in [1.54, 1.807) is 0 Å². The molecular formula is C16H16Cl2O. The van der Waals surface area contributed by atoms with Gasteiger partial charge in [-0.25, -0.2) is 0 Å². The zero-order chi connectivity index (χ0) is 13.8. The van der Waals surface area contributed by atoms with Crippen molar-refractivity contribution in [2.75, 3.05) is 0 Å². The van der Waals surface area contributed by atoms with Crippen molar-refractivity contribution in [2.45, 2.75) is 25.7 Å². The van der Waals surface area contributed by atoms with E-state index in [-0.39, 0.29) is 5.92 Å². The van der Waals surface area contributed by atoms with Gasteiger partial charge in [0.15, 0.2) is 0 Å². The molecule has 0 bridgehead atoms. The maximum absolute atomic E-state index is 10.4. The van der Waals surface area contributed by atoms with Crippen LogP contribution in [0, 0.1) is 0 Å². The van der Waals surface area contributed by atoms with Crippen LogP contribution in [0.4, 0.5) is 0 Å². The second kappa shape index (κ2) is 6.31. The van der Waals surface area contributed by atoms with Gasteiger partial charge in [-0.2, -0.15) is 0 Å². The second-order valence-corrected chi connectivity index (χ2v) is 5.29. The lowest BCUT2D eigenvalue weighted by Gasteiger charge is -2.17. The third-order valence-corrected chi connectivity index (χ3v) is 4.06. The van der Waals surface area contributed by atoms with E-state index in [2.05, 4.69) is 6.92 Å². The number of rotatable bonds is 4. The number of hydrogen-bond acceptors (Lipinski definition) is 1. The average Bonchev–Trinajstić information content (AvgIpc) is 2.45. The summed E-state index contributed by atoms with van der Waals surface area (Å²) in [4.78, 5) is 0. The first-order valence-corrected chi connectivity index (χ1v) is 7.14. The van der Waals surface area contributed by atoms with Gasteiger partial charge in [-0.1, -0.05) is 66.5 Å². The molecular weight excluding hydrogens is 279 g/mol. The minimum atomic E-state index is 0.173. The molecule has 0 heterocycles. The van der Waals surface area contributed by atoms with Crippen molar-refractivity contribution in [1.29, 1.82) is 0 Å². The van der Waals surface area contributed by atoms with Gasteiger partial charge in [0.25, 0.3) is 0 Å². The summed E-state index contributed by atoms with van der Waals surface area (Å²) < 4.78 is 0. The lowest BCUT2D eigenvalue weighted by molar-refractivity contribution is 0.465. The molecule has 0 spiro atoms. The molecule has 1 N–H and O–H groups in total. The van der Waals surface area contributed by atoms with Crippen molar-refractivity contribution in [3.05, 3.63) is 52.5 Å². The van der Waals surface area contributed by atoms with Crippen molar-refractivity contribution in [3.63, 3.8) is 0 Å². The Morgan fingerprint density at radius 3 is 2.68 bits per heavy atom. The van der Waals surface area contributed by atoms with E-state index in [4.69, 9.17) is 23.2 Å². The maximum Gasteiger partial charge on any atom is 0.126 e. The molecule has 0 aliphatic rings. The number of allylic oxidation sites excluding steroid dienone is 1. The molecule has 100 valence electrons. The largest absolute Gasteiger partial charge is 0.507 e. The Bertz CT molecular complexity index is 605. The topological polar surface area (TPSA) is 20.2 Å². The molecule has 3 heteroatoms. The highest BCUT2D eigenvalue weighted by molar-refractivity contribution is 6.36. The quantitative estimate of drug-likeness (QED) is 0.761. The van der Waals surface area contributed by atoms with Crippen molar-refractivity contribution in [1.82, 2.24) is 0 Å². The summed E-state index contributed by atoms with van der Waals surface area (Å²) in [6, 6.07) is 11.8. The van der Waals surface area contributed by atoms with E-state index in [9.17, 15) is 5.11 Å². The van der Waals surface area contributed by atoms with Crippen molar-refractivity contribution >= 4 is 34.0 Å². The number of phenols is 1. The van der Waals surface area contributed by atoms with Gasteiger partial charge in [-0.3, -0.25) is 0 Å². The van der Waals surface area contributed by atoms with Gasteiger partial charge in [-0.15, -0.1) is 0 Å². The zero-order valence-corrected chi connectivity index (χ0v) is 12.2. The molecule has 0 saturated heterocycles. The summed E-state index contributed by atoms with van der Waals surface area (Å²) >= 11 is 11.6. The van der Waals surface area contributed by atoms with E-state index < -0.39 is 0 Å². The van der Waals surface area contributed by atoms with E-state index in [1.807, 2.05) is 36.4 Å². The molecule has 19 heavy (non-hydrogen) atoms. The first kappa shape index (κ1) is 14.2. The van der Waals surface area contributed by atoms with Crippen molar-refractivity contribution in [3.8, 4) is 5.75 Å². The fourth-order valence-electron chi connectivity index (χ4n) is 2.36. The summed E-state index contributed by atoms with van der Waals surface area (Å²) in [5, 5.41) is 13.0. The second-order valence-electron chi connectivity index (χ2n) is 4.59. The van der Waals surface area contributed by atoms with E-state index >= 15 is 0 Å². The Balaban J connectivity index is 2.46. The molecule has 1 atom stereocenters. The first-order valence-electron chi connectivity index (χ1n) is 6.32. The molecule has 2 aromatic rings. The Labute approximate surface area is 123 Å². The predicted octanol–water partition coefficient (Wildman–Crippen LogP) is 5.75. The number of phenolic OH excluding ortho intramolecular Hbond substituents is 1. The number of halogens is 2. The highest BCUT2D eigenvalue weighted by Crippen LogP contribution is 2.38. The molecule has 0 aromatic heterocycles. The minimum absolute atomic E-state index is 0.173. The molecule has 0 aliphatic carbocycles. The summed E-state index contributed by atoms with van der Waals surface area (Å²) in [7, 11) is 0. The number of benzene rings is 2. The standard InChI is InChI=1S/C16H16Cl2O/c1-2-11(9-13(18)10-17)15-8-7-12-5-3-4-6-14(12)16(15)19/h3-8,10-11,19H,2,9H2,1H3. The summed E-state index contributed by atoms with van der Waals surface area (Å²) in [5.74, 6) is 0.524. The van der Waals surface area contributed by atoms with Gasteiger partial charge in [0.05, 0.1) is 0 Å². The fraction of sp³-hybridized carbons (Fsp3) is 0.250. The molecule has 0 fully saturated rings. The molecule has 0 radical (unpaired) electrons. The Morgan fingerprint density at radius 2 is 2.00 bits per heavy atom. The smallest absolute Gasteiger partial charge is 0.126 e. The van der Waals surface area contributed by atoms with E-state index in [0.717, 1.165) is 22.8 Å². The maximum atomic E-state index is 10.4. The van der Waals surface area contributed by atoms with Crippen LogP contribution < -0.4 is 0 Å². The molecule has 1 nitrogen and oxygen atoms in total. The van der Waals surface area contributed by atoms with Gasteiger partial charge in [0, 0.05) is 16.0 Å². The lowest BCUT2D eigenvalue weighted by Crippen LogP contribution is -1.98. The third kappa shape index (κ3) is 3.05. The predicted molar refractivity (Wildman–Crippen MR) is 83.1 cm³/mol. The number of fused-ring (bicyclic) bond motifs is 1. The zero-order valence-electron chi connectivity index (χ0n) is 10.7. The number of hydrogen-bond donors (Lipinski definition) is 1. The fourth-order valence-corrected chi connectivity index (χ4v) is 2.63. The highest BCUT2D eigenvalue weighted by atomic mass is 35.5. The van der Waals surface area contributed by atoms with Crippen LogP contribution in [-0.2, 0) is 0 Å². The molecule has 1 unspecified atom stereocenters. The van der Waals surface area contributed by atoms with Crippen molar-refractivity contribution < 1.29 is 5.11 Å². The Kier molecular flexibility index (Phi) is 4.73. The van der Waals surface area contributed by atoms with Crippen LogP contribution in [0.1, 0.15) is 31.2 Å². The first-order chi connectivity index (χ1) is 9.17. The van der Waals surface area contributed by atoms with Crippen LogP contribution in [0.15, 0.2) is 47.0 Å². The lowest BCUT2D eigenvalue weighted by atomic mass is 9.90. The SMILES string of the molecule is CCC(CC(Cl)=CCl)c1ccc2ccccc2c1O. The van der Waals surface area contributed by atoms with Crippen LogP contribution in [0.5, 0.6) is 5.75 Å². The van der Waals surface area contributed by atoms with Crippen LogP contribution in [0.3, 0.4) is 0 Å². The Hall–Kier alpha value is -1.18. The van der Waals surface area contributed by atoms with Gasteiger partial charge >= 0.3 is 0 Å². The monoisotopic (exact) mass is 294 g/mol. The van der Waals surface area contributed by atoms with E-state index in [0.29, 0.717) is 17.2 Å². The van der Waals surface area contributed by atoms with Gasteiger partial charge in [-0.05, 0) is 29.7 Å². The van der Waals surface area contributed by atoms with Crippen LogP contribution in [0.2, 0.25) is 0 Å².